The van der Waals surface area contributed by atoms with Crippen LogP contribution < -0.4 is 0 Å². The minimum Gasteiger partial charge on any atom is -0.300 e. The standard InChI is InChI=1S/C18H23NO2/c1-17-5-4-14-13(15(17)7-12(21)9-17)10-19-16-8-11(20)3-6-18(14,16)2/h3,6,13-15H,4-5,7-10H2,1-2H3/t13-,14-,15+,17-,18-/m1/s1. The average molecular weight is 285 g/mol. The van der Waals surface area contributed by atoms with Crippen LogP contribution in [0.3, 0.4) is 0 Å². The number of Topliss-reactive ketones (excluding diaryl/α,β-unsaturated/α-hetero) is 1. The molecule has 2 saturated carbocycles. The zero-order chi connectivity index (χ0) is 14.8. The van der Waals surface area contributed by atoms with Gasteiger partial charge >= 0.3 is 0 Å². The summed E-state index contributed by atoms with van der Waals surface area (Å²) in [4.78, 5) is 28.5. The van der Waals surface area contributed by atoms with Crippen LogP contribution in [0.2, 0.25) is 0 Å². The maximum absolute atomic E-state index is 12.0. The molecule has 3 aliphatic carbocycles. The molecule has 2 fully saturated rings. The smallest absolute Gasteiger partial charge is 0.161 e. The quantitative estimate of drug-likeness (QED) is 0.687. The van der Waals surface area contributed by atoms with Gasteiger partial charge in [0.1, 0.15) is 5.78 Å². The van der Waals surface area contributed by atoms with Crippen molar-refractivity contribution in [3.63, 3.8) is 0 Å². The Labute approximate surface area is 125 Å². The maximum atomic E-state index is 12.0. The first-order chi connectivity index (χ1) is 9.92. The van der Waals surface area contributed by atoms with Gasteiger partial charge in [-0.05, 0) is 42.1 Å². The lowest BCUT2D eigenvalue weighted by Gasteiger charge is -2.54. The van der Waals surface area contributed by atoms with Gasteiger partial charge in [0.05, 0.1) is 0 Å². The molecule has 0 radical (unpaired) electrons. The molecule has 0 N–H and O–H groups in total. The number of hydrogen-bond acceptors (Lipinski definition) is 3. The summed E-state index contributed by atoms with van der Waals surface area (Å²) in [5.74, 6) is 2.19. The zero-order valence-corrected chi connectivity index (χ0v) is 12.9. The molecular formula is C18H23NO2. The summed E-state index contributed by atoms with van der Waals surface area (Å²) < 4.78 is 0. The molecule has 0 unspecified atom stereocenters. The summed E-state index contributed by atoms with van der Waals surface area (Å²) in [7, 11) is 0. The molecule has 0 bridgehead atoms. The molecule has 0 aromatic rings. The molecule has 0 spiro atoms. The monoisotopic (exact) mass is 285 g/mol. The highest BCUT2D eigenvalue weighted by Gasteiger charge is 2.57. The molecule has 5 atom stereocenters. The Morgan fingerprint density at radius 3 is 2.86 bits per heavy atom. The third-order valence-corrected chi connectivity index (χ3v) is 6.85. The van der Waals surface area contributed by atoms with Gasteiger partial charge in [-0.15, -0.1) is 0 Å². The summed E-state index contributed by atoms with van der Waals surface area (Å²) >= 11 is 0. The van der Waals surface area contributed by atoms with Crippen molar-refractivity contribution in [3.05, 3.63) is 12.2 Å². The third-order valence-electron chi connectivity index (χ3n) is 6.85. The predicted octanol–water partition coefficient (Wildman–Crippen LogP) is 2.99. The van der Waals surface area contributed by atoms with Gasteiger partial charge in [0.15, 0.2) is 5.78 Å². The van der Waals surface area contributed by atoms with E-state index in [9.17, 15) is 9.59 Å². The van der Waals surface area contributed by atoms with E-state index in [0.717, 1.165) is 31.5 Å². The second-order valence-corrected chi connectivity index (χ2v) is 8.04. The number of fused-ring (bicyclic) bond motifs is 5. The molecular weight excluding hydrogens is 262 g/mol. The number of rotatable bonds is 0. The van der Waals surface area contributed by atoms with E-state index in [1.165, 1.54) is 6.42 Å². The number of carbonyl (C=O) groups excluding carboxylic acids is 2. The van der Waals surface area contributed by atoms with Gasteiger partial charge in [-0.3, -0.25) is 14.6 Å². The minimum atomic E-state index is -0.0518. The van der Waals surface area contributed by atoms with Crippen molar-refractivity contribution in [1.82, 2.24) is 0 Å². The van der Waals surface area contributed by atoms with Crippen LogP contribution in [0, 0.1) is 28.6 Å². The first kappa shape index (κ1) is 13.4. The summed E-state index contributed by atoms with van der Waals surface area (Å²) in [6, 6.07) is 0. The SMILES string of the molecule is C[C@]12CC[C@@H]3[C@@H](CN=C4CC(=O)C=C[C@@]43C)[C@@H]1CC(=O)C2. The number of ketones is 2. The largest absolute Gasteiger partial charge is 0.300 e. The van der Waals surface area contributed by atoms with Gasteiger partial charge in [-0.25, -0.2) is 0 Å². The second kappa shape index (κ2) is 4.15. The Balaban J connectivity index is 1.73. The molecule has 4 aliphatic rings. The lowest BCUT2D eigenvalue weighted by atomic mass is 9.51. The van der Waals surface area contributed by atoms with Crippen LogP contribution in [-0.4, -0.2) is 23.8 Å². The number of allylic oxidation sites excluding steroid dienone is 2. The van der Waals surface area contributed by atoms with Crippen LogP contribution in [0.25, 0.3) is 0 Å². The highest BCUT2D eigenvalue weighted by molar-refractivity contribution is 6.12. The van der Waals surface area contributed by atoms with Crippen LogP contribution in [0.5, 0.6) is 0 Å². The number of carbonyl (C=O) groups is 2. The first-order valence-electron chi connectivity index (χ1n) is 8.20. The fourth-order valence-electron chi connectivity index (χ4n) is 5.62. The summed E-state index contributed by atoms with van der Waals surface area (Å²) in [6.45, 7) is 5.38. The average Bonchev–Trinajstić information content (AvgIpc) is 2.74. The van der Waals surface area contributed by atoms with E-state index >= 15 is 0 Å². The molecule has 0 saturated heterocycles. The van der Waals surface area contributed by atoms with Crippen molar-refractivity contribution >= 4 is 17.3 Å². The maximum Gasteiger partial charge on any atom is 0.161 e. The molecule has 0 aromatic heterocycles. The van der Waals surface area contributed by atoms with E-state index < -0.39 is 0 Å². The van der Waals surface area contributed by atoms with Gasteiger partial charge in [0, 0.05) is 36.9 Å². The normalized spacial score (nSPS) is 48.5. The molecule has 0 aromatic carbocycles. The summed E-state index contributed by atoms with van der Waals surface area (Å²) in [5, 5.41) is 0. The predicted molar refractivity (Wildman–Crippen MR) is 81.2 cm³/mol. The van der Waals surface area contributed by atoms with Crippen molar-refractivity contribution in [2.45, 2.75) is 46.0 Å². The van der Waals surface area contributed by atoms with Crippen LogP contribution in [-0.2, 0) is 9.59 Å². The highest BCUT2D eigenvalue weighted by atomic mass is 16.1. The molecule has 0 amide bonds. The Bertz CT molecular complexity index is 590. The fraction of sp³-hybridized carbons (Fsp3) is 0.722. The Morgan fingerprint density at radius 1 is 1.24 bits per heavy atom. The van der Waals surface area contributed by atoms with Crippen LogP contribution >= 0.6 is 0 Å². The molecule has 1 aliphatic heterocycles. The number of hydrogen-bond donors (Lipinski definition) is 0. The third kappa shape index (κ3) is 1.75. The molecule has 1 heterocycles. The summed E-state index contributed by atoms with van der Waals surface area (Å²) in [6.07, 6.45) is 8.19. The minimum absolute atomic E-state index is 0.0518. The van der Waals surface area contributed by atoms with Gasteiger partial charge in [0.2, 0.25) is 0 Å². The fourth-order valence-corrected chi connectivity index (χ4v) is 5.62. The first-order valence-corrected chi connectivity index (χ1v) is 8.20. The van der Waals surface area contributed by atoms with Gasteiger partial charge in [-0.1, -0.05) is 19.9 Å². The van der Waals surface area contributed by atoms with Crippen LogP contribution in [0.15, 0.2) is 17.1 Å². The van der Waals surface area contributed by atoms with E-state index in [2.05, 4.69) is 19.9 Å². The molecule has 21 heavy (non-hydrogen) atoms. The zero-order valence-electron chi connectivity index (χ0n) is 12.9. The van der Waals surface area contributed by atoms with E-state index in [1.54, 1.807) is 6.08 Å². The van der Waals surface area contributed by atoms with Crippen molar-refractivity contribution in [2.24, 2.45) is 33.6 Å². The van der Waals surface area contributed by atoms with E-state index in [-0.39, 0.29) is 16.6 Å². The summed E-state index contributed by atoms with van der Waals surface area (Å²) in [5.41, 5.74) is 1.24. The van der Waals surface area contributed by atoms with Gasteiger partial charge < -0.3 is 0 Å². The number of nitrogens with zero attached hydrogens (tertiary/aromatic N) is 1. The van der Waals surface area contributed by atoms with Crippen LogP contribution in [0.4, 0.5) is 0 Å². The number of aliphatic imine (C=N–C) groups is 1. The Kier molecular flexibility index (Phi) is 2.65. The van der Waals surface area contributed by atoms with Crippen molar-refractivity contribution in [2.75, 3.05) is 6.54 Å². The lowest BCUT2D eigenvalue weighted by Crippen LogP contribution is -2.52. The van der Waals surface area contributed by atoms with Crippen molar-refractivity contribution < 1.29 is 9.59 Å². The Hall–Kier alpha value is -1.25. The topological polar surface area (TPSA) is 46.5 Å². The lowest BCUT2D eigenvalue weighted by molar-refractivity contribution is -0.118. The highest BCUT2D eigenvalue weighted by Crippen LogP contribution is 2.60. The molecule has 4 rings (SSSR count). The van der Waals surface area contributed by atoms with Gasteiger partial charge in [0.25, 0.3) is 0 Å². The van der Waals surface area contributed by atoms with E-state index in [4.69, 9.17) is 4.99 Å². The second-order valence-electron chi connectivity index (χ2n) is 8.04. The molecule has 3 nitrogen and oxygen atoms in total. The van der Waals surface area contributed by atoms with E-state index in [0.29, 0.717) is 30.0 Å². The van der Waals surface area contributed by atoms with Gasteiger partial charge in [-0.2, -0.15) is 0 Å². The van der Waals surface area contributed by atoms with Crippen molar-refractivity contribution in [1.29, 1.82) is 0 Å². The molecule has 112 valence electrons. The van der Waals surface area contributed by atoms with Crippen molar-refractivity contribution in [3.8, 4) is 0 Å². The molecule has 3 heteroatoms. The van der Waals surface area contributed by atoms with Crippen LogP contribution in [0.1, 0.15) is 46.0 Å². The van der Waals surface area contributed by atoms with E-state index in [1.807, 2.05) is 0 Å². The Morgan fingerprint density at radius 2 is 2.05 bits per heavy atom.